The Kier molecular flexibility index (Phi) is 6.79. The molecule has 0 aliphatic carbocycles. The number of hydrogen-bond donors (Lipinski definition) is 0. The molecule has 0 bridgehead atoms. The van der Waals surface area contributed by atoms with Crippen molar-refractivity contribution < 1.29 is 19.1 Å². The van der Waals surface area contributed by atoms with Gasteiger partial charge in [0, 0.05) is 19.5 Å². The van der Waals surface area contributed by atoms with Crippen LogP contribution in [-0.2, 0) is 20.7 Å². The summed E-state index contributed by atoms with van der Waals surface area (Å²) in [6, 6.07) is 6.99. The van der Waals surface area contributed by atoms with Gasteiger partial charge in [-0.15, -0.1) is 5.10 Å². The number of aryl methyl sites for hydroxylation is 1. The molecule has 1 aliphatic heterocycles. The number of esters is 1. The van der Waals surface area contributed by atoms with Gasteiger partial charge in [0.25, 0.3) is 0 Å². The molecule has 9 heteroatoms. The summed E-state index contributed by atoms with van der Waals surface area (Å²) in [4.78, 5) is 27.4. The predicted octanol–water partition coefficient (Wildman–Crippen LogP) is 1.58. The second kappa shape index (κ2) is 9.49. The molecule has 2 atom stereocenters. The highest BCUT2D eigenvalue weighted by atomic mass is 16.5. The Morgan fingerprint density at radius 3 is 2.86 bits per heavy atom. The van der Waals surface area contributed by atoms with Crippen LogP contribution >= 0.6 is 0 Å². The molecule has 3 rings (SSSR count). The number of methoxy groups -OCH3 is 1. The summed E-state index contributed by atoms with van der Waals surface area (Å²) in [5.41, 5.74) is 0.941. The molecule has 2 heterocycles. The number of carbonyl (C=O) groups excluding carboxylic acids is 2. The van der Waals surface area contributed by atoms with Gasteiger partial charge in [-0.05, 0) is 54.8 Å². The molecule has 156 valence electrons. The average molecular weight is 401 g/mol. The summed E-state index contributed by atoms with van der Waals surface area (Å²) in [5, 5.41) is 11.7. The Labute approximate surface area is 170 Å². The number of amides is 1. The number of benzene rings is 1. The van der Waals surface area contributed by atoms with Gasteiger partial charge in [0.2, 0.25) is 5.91 Å². The lowest BCUT2D eigenvalue weighted by molar-refractivity contribution is -0.151. The maximum Gasteiger partial charge on any atom is 0.310 e. The molecule has 1 fully saturated rings. The minimum Gasteiger partial charge on any atom is -0.497 e. The van der Waals surface area contributed by atoms with Crippen LogP contribution in [0.1, 0.15) is 37.2 Å². The zero-order valence-electron chi connectivity index (χ0n) is 17.1. The number of ether oxygens (including phenoxy) is 2. The Hall–Kier alpha value is -2.97. The van der Waals surface area contributed by atoms with Gasteiger partial charge in [-0.3, -0.25) is 9.59 Å². The van der Waals surface area contributed by atoms with Crippen molar-refractivity contribution in [1.29, 1.82) is 0 Å². The van der Waals surface area contributed by atoms with Gasteiger partial charge in [-0.2, -0.15) is 0 Å². The molecule has 1 aromatic heterocycles. The second-order valence-corrected chi connectivity index (χ2v) is 7.12. The lowest BCUT2D eigenvalue weighted by atomic mass is 9.96. The Bertz CT molecular complexity index is 853. The third kappa shape index (κ3) is 4.90. The lowest BCUT2D eigenvalue weighted by Gasteiger charge is -2.34. The van der Waals surface area contributed by atoms with Crippen molar-refractivity contribution in [3.05, 3.63) is 35.7 Å². The molecule has 29 heavy (non-hydrogen) atoms. The molecule has 0 saturated carbocycles. The third-order valence-corrected chi connectivity index (χ3v) is 5.15. The first-order chi connectivity index (χ1) is 14.0. The molecule has 0 unspecified atom stereocenters. The summed E-state index contributed by atoms with van der Waals surface area (Å²) >= 11 is 0. The molecule has 0 radical (unpaired) electrons. The van der Waals surface area contributed by atoms with Gasteiger partial charge >= 0.3 is 5.97 Å². The smallest absolute Gasteiger partial charge is 0.310 e. The Balaban J connectivity index is 1.83. The third-order valence-electron chi connectivity index (χ3n) is 5.15. The average Bonchev–Trinajstić information content (AvgIpc) is 3.17. The first-order valence-corrected chi connectivity index (χ1v) is 9.86. The standard InChI is InChI=1S/C20H27N5O4/c1-4-29-20(27)16-8-6-10-24(13-16)19(26)18(25-14(2)21-22-23-25)12-15-7-5-9-17(11-15)28-3/h5,7,9,11,16,18H,4,6,8,10,12-13H2,1-3H3/t16-,18-/m1/s1. The summed E-state index contributed by atoms with van der Waals surface area (Å²) in [6.45, 7) is 4.85. The van der Waals surface area contributed by atoms with Gasteiger partial charge in [-0.1, -0.05) is 12.1 Å². The van der Waals surface area contributed by atoms with E-state index in [1.807, 2.05) is 24.3 Å². The largest absolute Gasteiger partial charge is 0.497 e. The minimum atomic E-state index is -0.599. The maximum absolute atomic E-state index is 13.5. The number of carbonyl (C=O) groups is 2. The molecule has 1 amide bonds. The fourth-order valence-corrected chi connectivity index (χ4v) is 3.67. The van der Waals surface area contributed by atoms with Crippen LogP contribution in [-0.4, -0.2) is 63.8 Å². The first kappa shape index (κ1) is 20.8. The van der Waals surface area contributed by atoms with Gasteiger partial charge in [0.05, 0.1) is 19.6 Å². The second-order valence-electron chi connectivity index (χ2n) is 7.12. The molecule has 0 spiro atoms. The van der Waals surface area contributed by atoms with Crippen LogP contribution < -0.4 is 4.74 Å². The van der Waals surface area contributed by atoms with Crippen molar-refractivity contribution in [2.75, 3.05) is 26.8 Å². The quantitative estimate of drug-likeness (QED) is 0.649. The van der Waals surface area contributed by atoms with Crippen molar-refractivity contribution >= 4 is 11.9 Å². The Morgan fingerprint density at radius 1 is 1.34 bits per heavy atom. The van der Waals surface area contributed by atoms with Gasteiger partial charge < -0.3 is 14.4 Å². The summed E-state index contributed by atoms with van der Waals surface area (Å²) in [7, 11) is 1.61. The molecular weight excluding hydrogens is 374 g/mol. The van der Waals surface area contributed by atoms with E-state index in [4.69, 9.17) is 9.47 Å². The number of hydrogen-bond acceptors (Lipinski definition) is 7. The van der Waals surface area contributed by atoms with E-state index in [0.29, 0.717) is 31.9 Å². The number of piperidine rings is 1. The maximum atomic E-state index is 13.5. The monoisotopic (exact) mass is 401 g/mol. The van der Waals surface area contributed by atoms with Crippen LogP contribution in [0.3, 0.4) is 0 Å². The SMILES string of the molecule is CCOC(=O)[C@@H]1CCCN(C(=O)[C@@H](Cc2cccc(OC)c2)n2nnnc2C)C1. The zero-order chi connectivity index (χ0) is 20.8. The van der Waals surface area contributed by atoms with Crippen molar-refractivity contribution in [2.45, 2.75) is 39.2 Å². The van der Waals surface area contributed by atoms with Crippen LogP contribution in [0, 0.1) is 12.8 Å². The van der Waals surface area contributed by atoms with Crippen molar-refractivity contribution in [3.63, 3.8) is 0 Å². The summed E-state index contributed by atoms with van der Waals surface area (Å²) in [5.74, 6) is 0.651. The number of nitrogens with zero attached hydrogens (tertiary/aromatic N) is 5. The zero-order valence-corrected chi connectivity index (χ0v) is 17.1. The van der Waals surface area contributed by atoms with Crippen LogP contribution in [0.15, 0.2) is 24.3 Å². The van der Waals surface area contributed by atoms with E-state index in [0.717, 1.165) is 24.2 Å². The highest BCUT2D eigenvalue weighted by Crippen LogP contribution is 2.24. The van der Waals surface area contributed by atoms with Gasteiger partial charge in [0.1, 0.15) is 17.6 Å². The topological polar surface area (TPSA) is 99.4 Å². The fraction of sp³-hybridized carbons (Fsp3) is 0.550. The molecule has 2 aromatic rings. The Morgan fingerprint density at radius 2 is 2.17 bits per heavy atom. The molecule has 0 N–H and O–H groups in total. The number of likely N-dealkylation sites (tertiary alicyclic amines) is 1. The summed E-state index contributed by atoms with van der Waals surface area (Å²) < 4.78 is 12.0. The van der Waals surface area contributed by atoms with E-state index >= 15 is 0 Å². The van der Waals surface area contributed by atoms with E-state index in [1.54, 1.807) is 30.5 Å². The lowest BCUT2D eigenvalue weighted by Crippen LogP contribution is -2.46. The van der Waals surface area contributed by atoms with E-state index in [1.165, 1.54) is 0 Å². The highest BCUT2D eigenvalue weighted by Gasteiger charge is 2.34. The highest BCUT2D eigenvalue weighted by molar-refractivity contribution is 5.82. The number of tetrazole rings is 1. The van der Waals surface area contributed by atoms with Gasteiger partial charge in [0.15, 0.2) is 0 Å². The van der Waals surface area contributed by atoms with E-state index < -0.39 is 6.04 Å². The number of rotatable bonds is 7. The molecular formula is C20H27N5O4. The van der Waals surface area contributed by atoms with Crippen LogP contribution in [0.4, 0.5) is 0 Å². The van der Waals surface area contributed by atoms with Gasteiger partial charge in [-0.25, -0.2) is 4.68 Å². The van der Waals surface area contributed by atoms with Crippen LogP contribution in [0.2, 0.25) is 0 Å². The molecule has 1 aliphatic rings. The predicted molar refractivity (Wildman–Crippen MR) is 104 cm³/mol. The van der Waals surface area contributed by atoms with Crippen molar-refractivity contribution in [2.24, 2.45) is 5.92 Å². The summed E-state index contributed by atoms with van der Waals surface area (Å²) in [6.07, 6.45) is 1.91. The normalized spacial score (nSPS) is 17.6. The van der Waals surface area contributed by atoms with E-state index in [-0.39, 0.29) is 17.8 Å². The fourth-order valence-electron chi connectivity index (χ4n) is 3.67. The minimum absolute atomic E-state index is 0.0998. The van der Waals surface area contributed by atoms with E-state index in [2.05, 4.69) is 15.5 Å². The first-order valence-electron chi connectivity index (χ1n) is 9.86. The van der Waals surface area contributed by atoms with Crippen molar-refractivity contribution in [1.82, 2.24) is 25.1 Å². The van der Waals surface area contributed by atoms with E-state index in [9.17, 15) is 9.59 Å². The number of aromatic nitrogens is 4. The van der Waals surface area contributed by atoms with Crippen LogP contribution in [0.25, 0.3) is 0 Å². The molecule has 1 aromatic carbocycles. The molecule has 9 nitrogen and oxygen atoms in total. The van der Waals surface area contributed by atoms with Crippen molar-refractivity contribution in [3.8, 4) is 5.75 Å². The molecule has 1 saturated heterocycles. The van der Waals surface area contributed by atoms with Crippen LogP contribution in [0.5, 0.6) is 5.75 Å².